The van der Waals surface area contributed by atoms with E-state index in [4.69, 9.17) is 21.6 Å². The Morgan fingerprint density at radius 1 is 1.08 bits per heavy atom. The van der Waals surface area contributed by atoms with Crippen molar-refractivity contribution in [3.63, 3.8) is 0 Å². The third kappa shape index (κ3) is 5.20. The normalized spacial score (nSPS) is 16.4. The fourth-order valence-corrected chi connectivity index (χ4v) is 6.12. The first kappa shape index (κ1) is 26.0. The third-order valence-corrected chi connectivity index (χ3v) is 8.47. The predicted octanol–water partition coefficient (Wildman–Crippen LogP) is 5.47. The molecular weight excluding hydrogens is 527 g/mol. The highest BCUT2D eigenvalue weighted by Crippen LogP contribution is 2.33. The number of nitrogens with zero attached hydrogens (tertiary/aromatic N) is 5. The molecule has 4 aromatic rings. The van der Waals surface area contributed by atoms with Crippen LogP contribution in [0.25, 0.3) is 28.8 Å². The van der Waals surface area contributed by atoms with Crippen molar-refractivity contribution in [1.82, 2.24) is 23.8 Å². The van der Waals surface area contributed by atoms with Gasteiger partial charge in [-0.05, 0) is 74.9 Å². The Balaban J connectivity index is 1.41. The summed E-state index contributed by atoms with van der Waals surface area (Å²) in [4.78, 5) is 14.1. The molecule has 0 aliphatic carbocycles. The molecule has 2 aromatic heterocycles. The number of aryl methyl sites for hydroxylation is 1. The number of nitrogens with one attached hydrogen (secondary N) is 1. The van der Waals surface area contributed by atoms with Crippen molar-refractivity contribution in [2.75, 3.05) is 18.4 Å². The molecule has 1 aliphatic heterocycles. The van der Waals surface area contributed by atoms with E-state index in [0.29, 0.717) is 35.3 Å². The van der Waals surface area contributed by atoms with Gasteiger partial charge in [-0.25, -0.2) is 27.8 Å². The number of hydrogen-bond acceptors (Lipinski definition) is 6. The van der Waals surface area contributed by atoms with Gasteiger partial charge < -0.3 is 9.88 Å². The summed E-state index contributed by atoms with van der Waals surface area (Å²) in [6, 6.07) is 14.0. The Hall–Kier alpha value is -3.60. The second-order valence-electron chi connectivity index (χ2n) is 8.93. The van der Waals surface area contributed by atoms with E-state index in [-0.39, 0.29) is 23.3 Å². The monoisotopic (exact) mass is 552 g/mol. The molecule has 0 bridgehead atoms. The molecule has 38 heavy (non-hydrogen) atoms. The van der Waals surface area contributed by atoms with Gasteiger partial charge in [-0.15, -0.1) is 0 Å². The summed E-state index contributed by atoms with van der Waals surface area (Å²) in [5, 5.41) is 3.77. The van der Waals surface area contributed by atoms with Crippen LogP contribution in [0.2, 0.25) is 5.02 Å². The predicted molar refractivity (Wildman–Crippen MR) is 147 cm³/mol. The second kappa shape index (κ2) is 10.6. The lowest BCUT2D eigenvalue weighted by Gasteiger charge is -2.17. The summed E-state index contributed by atoms with van der Waals surface area (Å²) >= 11 is 5.91. The van der Waals surface area contributed by atoms with Crippen LogP contribution in [0, 0.1) is 12.7 Å². The molecule has 8 nitrogen and oxygen atoms in total. The van der Waals surface area contributed by atoms with Crippen molar-refractivity contribution in [2.45, 2.75) is 31.2 Å². The van der Waals surface area contributed by atoms with E-state index in [1.165, 1.54) is 28.6 Å². The summed E-state index contributed by atoms with van der Waals surface area (Å²) in [7, 11) is -3.63. The minimum absolute atomic E-state index is 0.161. The zero-order valence-corrected chi connectivity index (χ0v) is 22.4. The number of rotatable bonds is 7. The van der Waals surface area contributed by atoms with Crippen LogP contribution in [0.4, 0.5) is 10.3 Å². The molecule has 1 atom stereocenters. The summed E-state index contributed by atoms with van der Waals surface area (Å²) in [6.07, 6.45) is 6.06. The Kier molecular flexibility index (Phi) is 7.29. The van der Waals surface area contributed by atoms with Gasteiger partial charge in [-0.2, -0.15) is 4.31 Å². The first-order valence-corrected chi connectivity index (χ1v) is 13.9. The molecular formula is C27H26ClFN6O2S. The molecule has 0 spiro atoms. The molecule has 3 heterocycles. The van der Waals surface area contributed by atoms with Crippen molar-refractivity contribution >= 4 is 33.8 Å². The molecule has 1 aliphatic rings. The van der Waals surface area contributed by atoms with Crippen molar-refractivity contribution < 1.29 is 12.8 Å². The van der Waals surface area contributed by atoms with Gasteiger partial charge in [0.15, 0.2) is 0 Å². The largest absolute Gasteiger partial charge is 0.350 e. The fraction of sp³-hybridized carbons (Fsp3) is 0.222. The van der Waals surface area contributed by atoms with Crippen LogP contribution in [0.1, 0.15) is 19.2 Å². The van der Waals surface area contributed by atoms with E-state index >= 15 is 0 Å². The highest BCUT2D eigenvalue weighted by Gasteiger charge is 2.33. The SMILES string of the molecule is C/C=C\n1c(C)nc(-c2ccc(F)cc2)c1-c1ccnc(N[C@@H]2CCN(S(=O)(=O)c3ccc(Cl)cc3)C2)n1. The summed E-state index contributed by atoms with van der Waals surface area (Å²) in [5.74, 6) is 0.815. The average molecular weight is 553 g/mol. The van der Waals surface area contributed by atoms with E-state index in [2.05, 4.69) is 10.3 Å². The summed E-state index contributed by atoms with van der Waals surface area (Å²) in [5.41, 5.74) is 2.81. The van der Waals surface area contributed by atoms with Crippen molar-refractivity contribution in [2.24, 2.45) is 0 Å². The standard InChI is InChI=1S/C27H26ClFN6O2S/c1-3-15-35-18(2)31-25(19-4-8-21(29)9-5-19)26(35)24-12-14-30-27(33-24)32-22-13-16-34(17-22)38(36,37)23-10-6-20(28)7-11-23/h3-12,14-15,22H,13,16-17H2,1-2H3,(H,30,32,33)/b15-3-/t22-/m1/s1. The van der Waals surface area contributed by atoms with Gasteiger partial charge in [0.2, 0.25) is 16.0 Å². The lowest BCUT2D eigenvalue weighted by atomic mass is 10.1. The molecule has 1 saturated heterocycles. The van der Waals surface area contributed by atoms with Crippen LogP contribution in [-0.4, -0.2) is 51.4 Å². The smallest absolute Gasteiger partial charge is 0.243 e. The summed E-state index contributed by atoms with van der Waals surface area (Å²) < 4.78 is 43.1. The molecule has 196 valence electrons. The molecule has 1 fully saturated rings. The van der Waals surface area contributed by atoms with Crippen molar-refractivity contribution in [3.8, 4) is 22.6 Å². The number of halogens is 2. The van der Waals surface area contributed by atoms with E-state index in [1.807, 2.05) is 30.7 Å². The molecule has 0 saturated carbocycles. The van der Waals surface area contributed by atoms with Crippen LogP contribution in [0.5, 0.6) is 0 Å². The number of imidazole rings is 1. The van der Waals surface area contributed by atoms with E-state index in [9.17, 15) is 12.8 Å². The number of aromatic nitrogens is 4. The van der Waals surface area contributed by atoms with Crippen LogP contribution < -0.4 is 5.32 Å². The average Bonchev–Trinajstić information content (AvgIpc) is 3.50. The molecule has 0 radical (unpaired) electrons. The number of anilines is 1. The Morgan fingerprint density at radius 3 is 2.53 bits per heavy atom. The molecule has 0 amide bonds. The first-order valence-electron chi connectivity index (χ1n) is 12.1. The van der Waals surface area contributed by atoms with Crippen LogP contribution in [0.15, 0.2) is 71.8 Å². The van der Waals surface area contributed by atoms with Crippen molar-refractivity contribution in [3.05, 3.63) is 83.5 Å². The minimum Gasteiger partial charge on any atom is -0.350 e. The number of hydrogen-bond donors (Lipinski definition) is 1. The highest BCUT2D eigenvalue weighted by molar-refractivity contribution is 7.89. The second-order valence-corrected chi connectivity index (χ2v) is 11.3. The van der Waals surface area contributed by atoms with Gasteiger partial charge in [-0.3, -0.25) is 0 Å². The van der Waals surface area contributed by atoms with Gasteiger partial charge in [-0.1, -0.05) is 17.7 Å². The maximum atomic E-state index is 13.6. The maximum Gasteiger partial charge on any atom is 0.243 e. The zero-order valence-electron chi connectivity index (χ0n) is 20.8. The minimum atomic E-state index is -3.63. The van der Waals surface area contributed by atoms with Crippen LogP contribution >= 0.6 is 11.6 Å². The number of sulfonamides is 1. The molecule has 11 heteroatoms. The van der Waals surface area contributed by atoms with Gasteiger partial charge in [0.05, 0.1) is 22.0 Å². The van der Waals surface area contributed by atoms with E-state index in [0.717, 1.165) is 17.1 Å². The Bertz CT molecular complexity index is 1590. The van der Waals surface area contributed by atoms with E-state index in [1.54, 1.807) is 36.5 Å². The van der Waals surface area contributed by atoms with Crippen LogP contribution in [-0.2, 0) is 10.0 Å². The fourth-order valence-electron chi connectivity index (χ4n) is 4.49. The van der Waals surface area contributed by atoms with Crippen LogP contribution in [0.3, 0.4) is 0 Å². The van der Waals surface area contributed by atoms with Crippen molar-refractivity contribution in [1.29, 1.82) is 0 Å². The van der Waals surface area contributed by atoms with Gasteiger partial charge in [0.1, 0.15) is 11.6 Å². The first-order chi connectivity index (χ1) is 18.3. The highest BCUT2D eigenvalue weighted by atomic mass is 35.5. The topological polar surface area (TPSA) is 93.0 Å². The Morgan fingerprint density at radius 2 is 1.82 bits per heavy atom. The lowest BCUT2D eigenvalue weighted by Crippen LogP contribution is -2.32. The molecule has 1 N–H and O–H groups in total. The molecule has 5 rings (SSSR count). The van der Waals surface area contributed by atoms with E-state index < -0.39 is 10.0 Å². The Labute approximate surface area is 225 Å². The quantitative estimate of drug-likeness (QED) is 0.327. The van der Waals surface area contributed by atoms with Gasteiger partial charge in [0.25, 0.3) is 0 Å². The maximum absolute atomic E-state index is 13.6. The zero-order chi connectivity index (χ0) is 26.9. The van der Waals surface area contributed by atoms with Gasteiger partial charge >= 0.3 is 0 Å². The van der Waals surface area contributed by atoms with Gasteiger partial charge in [0, 0.05) is 42.1 Å². The number of benzene rings is 2. The number of allylic oxidation sites excluding steroid dienone is 1. The lowest BCUT2D eigenvalue weighted by molar-refractivity contribution is 0.474. The third-order valence-electron chi connectivity index (χ3n) is 6.34. The summed E-state index contributed by atoms with van der Waals surface area (Å²) in [6.45, 7) is 4.47. The molecule has 2 aromatic carbocycles. The molecule has 0 unspecified atom stereocenters.